The molecule has 0 unspecified atom stereocenters. The van der Waals surface area contributed by atoms with Gasteiger partial charge in [-0.1, -0.05) is 40.2 Å². The number of hydrogen-bond donors (Lipinski definition) is 1. The van der Waals surface area contributed by atoms with Crippen LogP contribution in [0.25, 0.3) is 5.57 Å². The molecule has 1 aromatic carbocycles. The van der Waals surface area contributed by atoms with Crippen LogP contribution < -0.4 is 0 Å². The van der Waals surface area contributed by atoms with E-state index in [9.17, 15) is 0 Å². The van der Waals surface area contributed by atoms with Crippen molar-refractivity contribution in [3.8, 4) is 0 Å². The fourth-order valence-electron chi connectivity index (χ4n) is 1.65. The van der Waals surface area contributed by atoms with Gasteiger partial charge in [0.1, 0.15) is 0 Å². The molecule has 3 heteroatoms. The molecule has 2 aromatic rings. The first-order valence-electron chi connectivity index (χ1n) is 5.28. The molecule has 2 rings (SSSR count). The van der Waals surface area contributed by atoms with Crippen molar-refractivity contribution in [3.05, 3.63) is 70.5 Å². The van der Waals surface area contributed by atoms with Gasteiger partial charge in [-0.25, -0.2) is 0 Å². The van der Waals surface area contributed by atoms with E-state index in [1.54, 1.807) is 18.5 Å². The summed E-state index contributed by atoms with van der Waals surface area (Å²) in [5.74, 6) is 0. The maximum atomic E-state index is 9.11. The highest BCUT2D eigenvalue weighted by molar-refractivity contribution is 9.10. The highest BCUT2D eigenvalue weighted by atomic mass is 79.9. The second-order valence-electron chi connectivity index (χ2n) is 3.55. The zero-order valence-electron chi connectivity index (χ0n) is 9.18. The summed E-state index contributed by atoms with van der Waals surface area (Å²) in [4.78, 5) is 4.10. The van der Waals surface area contributed by atoms with Crippen LogP contribution >= 0.6 is 15.9 Å². The molecule has 17 heavy (non-hydrogen) atoms. The minimum absolute atomic E-state index is 0.0142. The second kappa shape index (κ2) is 5.75. The number of nitrogens with zero attached hydrogens (tertiary/aromatic N) is 1. The van der Waals surface area contributed by atoms with Crippen molar-refractivity contribution in [1.82, 2.24) is 4.98 Å². The molecule has 0 spiro atoms. The van der Waals surface area contributed by atoms with Crippen LogP contribution in [-0.2, 0) is 0 Å². The molecule has 1 aromatic heterocycles. The van der Waals surface area contributed by atoms with Crippen molar-refractivity contribution in [1.29, 1.82) is 0 Å². The highest BCUT2D eigenvalue weighted by Crippen LogP contribution is 2.23. The van der Waals surface area contributed by atoms with Crippen molar-refractivity contribution in [2.45, 2.75) is 0 Å². The Morgan fingerprint density at radius 1 is 1.18 bits per heavy atom. The third-order valence-electron chi connectivity index (χ3n) is 2.42. The van der Waals surface area contributed by atoms with Crippen LogP contribution in [0, 0.1) is 0 Å². The average Bonchev–Trinajstić information content (AvgIpc) is 2.38. The Morgan fingerprint density at radius 2 is 1.94 bits per heavy atom. The molecule has 0 aliphatic carbocycles. The normalized spacial score (nSPS) is 11.5. The van der Waals surface area contributed by atoms with Crippen molar-refractivity contribution in [2.75, 3.05) is 6.61 Å². The van der Waals surface area contributed by atoms with Gasteiger partial charge in [-0.3, -0.25) is 4.98 Å². The summed E-state index contributed by atoms with van der Waals surface area (Å²) in [6.07, 6.45) is 5.32. The standard InChI is InChI=1S/C14H12BrNO/c15-13-5-3-11(4-6-13)14(7-9-17)12-2-1-8-16-10-12/h1-8,10,17H,9H2/b14-7-. The molecule has 1 heterocycles. The van der Waals surface area contributed by atoms with Gasteiger partial charge in [0.15, 0.2) is 0 Å². The summed E-state index contributed by atoms with van der Waals surface area (Å²) < 4.78 is 1.04. The summed E-state index contributed by atoms with van der Waals surface area (Å²) in [5.41, 5.74) is 3.06. The smallest absolute Gasteiger partial charge is 0.0621 e. The topological polar surface area (TPSA) is 33.1 Å². The Morgan fingerprint density at radius 3 is 2.53 bits per heavy atom. The fraction of sp³-hybridized carbons (Fsp3) is 0.0714. The van der Waals surface area contributed by atoms with Gasteiger partial charge in [-0.2, -0.15) is 0 Å². The molecular formula is C14H12BrNO. The van der Waals surface area contributed by atoms with E-state index in [0.29, 0.717) is 0 Å². The van der Waals surface area contributed by atoms with Gasteiger partial charge in [0.2, 0.25) is 0 Å². The third kappa shape index (κ3) is 3.02. The molecule has 1 N–H and O–H groups in total. The van der Waals surface area contributed by atoms with Gasteiger partial charge >= 0.3 is 0 Å². The number of rotatable bonds is 3. The van der Waals surface area contributed by atoms with Crippen molar-refractivity contribution in [3.63, 3.8) is 0 Å². The van der Waals surface area contributed by atoms with Crippen LogP contribution in [0.3, 0.4) is 0 Å². The Labute approximate surface area is 109 Å². The number of benzene rings is 1. The van der Waals surface area contributed by atoms with Gasteiger partial charge < -0.3 is 5.11 Å². The molecular weight excluding hydrogens is 278 g/mol. The molecule has 0 fully saturated rings. The summed E-state index contributed by atoms with van der Waals surface area (Å²) >= 11 is 3.41. The lowest BCUT2D eigenvalue weighted by molar-refractivity contribution is 0.343. The molecule has 0 saturated heterocycles. The SMILES string of the molecule is OC/C=C(/c1ccc(Br)cc1)c1cccnc1. The molecule has 0 radical (unpaired) electrons. The van der Waals surface area contributed by atoms with E-state index in [-0.39, 0.29) is 6.61 Å². The first-order valence-corrected chi connectivity index (χ1v) is 6.08. The molecule has 0 aliphatic rings. The third-order valence-corrected chi connectivity index (χ3v) is 2.95. The Balaban J connectivity index is 2.44. The molecule has 0 saturated carbocycles. The number of aliphatic hydroxyl groups is 1. The van der Waals surface area contributed by atoms with Crippen LogP contribution in [0.5, 0.6) is 0 Å². The summed E-state index contributed by atoms with van der Waals surface area (Å²) in [6.45, 7) is 0.0142. The molecule has 0 aliphatic heterocycles. The molecule has 0 bridgehead atoms. The molecule has 86 valence electrons. The predicted molar refractivity (Wildman–Crippen MR) is 72.5 cm³/mol. The number of aromatic nitrogens is 1. The average molecular weight is 290 g/mol. The van der Waals surface area contributed by atoms with E-state index < -0.39 is 0 Å². The molecule has 0 amide bonds. The monoisotopic (exact) mass is 289 g/mol. The lowest BCUT2D eigenvalue weighted by Crippen LogP contribution is -1.90. The Hall–Kier alpha value is -1.45. The van der Waals surface area contributed by atoms with E-state index in [1.807, 2.05) is 36.4 Å². The second-order valence-corrected chi connectivity index (χ2v) is 4.46. The maximum Gasteiger partial charge on any atom is 0.0621 e. The predicted octanol–water partition coefficient (Wildman–Crippen LogP) is 3.27. The van der Waals surface area contributed by atoms with Crippen molar-refractivity contribution in [2.24, 2.45) is 0 Å². The Kier molecular flexibility index (Phi) is 4.07. The zero-order valence-corrected chi connectivity index (χ0v) is 10.8. The van der Waals surface area contributed by atoms with E-state index in [0.717, 1.165) is 21.2 Å². The minimum Gasteiger partial charge on any atom is -0.392 e. The van der Waals surface area contributed by atoms with E-state index >= 15 is 0 Å². The lowest BCUT2D eigenvalue weighted by atomic mass is 9.99. The highest BCUT2D eigenvalue weighted by Gasteiger charge is 2.04. The number of hydrogen-bond acceptors (Lipinski definition) is 2. The lowest BCUT2D eigenvalue weighted by Gasteiger charge is -2.07. The van der Waals surface area contributed by atoms with E-state index in [1.165, 1.54) is 0 Å². The summed E-state index contributed by atoms with van der Waals surface area (Å²) in [6, 6.07) is 11.9. The first-order chi connectivity index (χ1) is 8.31. The van der Waals surface area contributed by atoms with Gasteiger partial charge in [0.05, 0.1) is 6.61 Å². The quantitative estimate of drug-likeness (QED) is 0.941. The van der Waals surface area contributed by atoms with Crippen LogP contribution in [0.2, 0.25) is 0 Å². The van der Waals surface area contributed by atoms with E-state index in [4.69, 9.17) is 5.11 Å². The first kappa shape index (κ1) is 12.0. The molecule has 2 nitrogen and oxygen atoms in total. The van der Waals surface area contributed by atoms with Crippen LogP contribution in [0.15, 0.2) is 59.3 Å². The summed E-state index contributed by atoms with van der Waals surface area (Å²) in [7, 11) is 0. The Bertz CT molecular complexity index is 506. The van der Waals surface area contributed by atoms with Crippen LogP contribution in [0.1, 0.15) is 11.1 Å². The van der Waals surface area contributed by atoms with Crippen LogP contribution in [-0.4, -0.2) is 16.7 Å². The van der Waals surface area contributed by atoms with Crippen LogP contribution in [0.4, 0.5) is 0 Å². The summed E-state index contributed by atoms with van der Waals surface area (Å²) in [5, 5.41) is 9.11. The zero-order chi connectivity index (χ0) is 12.1. The van der Waals surface area contributed by atoms with Gasteiger partial charge in [-0.05, 0) is 29.3 Å². The number of halogens is 1. The fourth-order valence-corrected chi connectivity index (χ4v) is 1.91. The largest absolute Gasteiger partial charge is 0.392 e. The number of pyridine rings is 1. The van der Waals surface area contributed by atoms with Crippen molar-refractivity contribution < 1.29 is 5.11 Å². The van der Waals surface area contributed by atoms with Gasteiger partial charge in [0, 0.05) is 22.4 Å². The maximum absolute atomic E-state index is 9.11. The van der Waals surface area contributed by atoms with E-state index in [2.05, 4.69) is 20.9 Å². The van der Waals surface area contributed by atoms with Crippen molar-refractivity contribution >= 4 is 21.5 Å². The number of aliphatic hydroxyl groups excluding tert-OH is 1. The molecule has 0 atom stereocenters. The van der Waals surface area contributed by atoms with Gasteiger partial charge in [0.25, 0.3) is 0 Å². The van der Waals surface area contributed by atoms with Gasteiger partial charge in [-0.15, -0.1) is 0 Å². The minimum atomic E-state index is 0.0142.